The van der Waals surface area contributed by atoms with E-state index in [-0.39, 0.29) is 11.8 Å². The van der Waals surface area contributed by atoms with Gasteiger partial charge in [0.05, 0.1) is 0 Å². The van der Waals surface area contributed by atoms with Crippen LogP contribution in [0.15, 0.2) is 42.0 Å². The van der Waals surface area contributed by atoms with Crippen LogP contribution in [0.1, 0.15) is 45.6 Å². The van der Waals surface area contributed by atoms with E-state index in [1.165, 1.54) is 11.1 Å². The van der Waals surface area contributed by atoms with Crippen molar-refractivity contribution < 1.29 is 4.79 Å². The van der Waals surface area contributed by atoms with Crippen molar-refractivity contribution in [3.05, 3.63) is 47.5 Å². The van der Waals surface area contributed by atoms with Crippen molar-refractivity contribution in [3.8, 4) is 0 Å². The SMILES string of the molecule is CCC(=O)C(C)C(C=C(C)C)c1ccccc1. The Morgan fingerprint density at radius 3 is 2.29 bits per heavy atom. The van der Waals surface area contributed by atoms with Crippen LogP contribution in [0.4, 0.5) is 0 Å². The van der Waals surface area contributed by atoms with E-state index in [1.54, 1.807) is 0 Å². The van der Waals surface area contributed by atoms with Crippen molar-refractivity contribution in [1.29, 1.82) is 0 Å². The Labute approximate surface area is 105 Å². The molecule has 0 spiro atoms. The first-order valence-corrected chi connectivity index (χ1v) is 6.29. The molecule has 0 amide bonds. The van der Waals surface area contributed by atoms with E-state index in [2.05, 4.69) is 32.1 Å². The summed E-state index contributed by atoms with van der Waals surface area (Å²) in [7, 11) is 0. The molecule has 0 heterocycles. The molecule has 0 aliphatic carbocycles. The van der Waals surface area contributed by atoms with Gasteiger partial charge in [0.2, 0.25) is 0 Å². The molecule has 1 heteroatoms. The van der Waals surface area contributed by atoms with Crippen molar-refractivity contribution in [3.63, 3.8) is 0 Å². The second-order valence-corrected chi connectivity index (χ2v) is 4.79. The highest BCUT2D eigenvalue weighted by atomic mass is 16.1. The van der Waals surface area contributed by atoms with Gasteiger partial charge in [0, 0.05) is 18.3 Å². The van der Waals surface area contributed by atoms with Crippen molar-refractivity contribution in [2.45, 2.75) is 40.0 Å². The summed E-state index contributed by atoms with van der Waals surface area (Å²) < 4.78 is 0. The molecule has 1 aromatic carbocycles. The highest BCUT2D eigenvalue weighted by Crippen LogP contribution is 2.28. The number of carbonyl (C=O) groups is 1. The van der Waals surface area contributed by atoms with Gasteiger partial charge in [-0.05, 0) is 19.4 Å². The summed E-state index contributed by atoms with van der Waals surface area (Å²) in [5.74, 6) is 0.585. The molecule has 0 aliphatic heterocycles. The quantitative estimate of drug-likeness (QED) is 0.687. The molecule has 1 nitrogen and oxygen atoms in total. The van der Waals surface area contributed by atoms with Crippen molar-refractivity contribution >= 4 is 5.78 Å². The van der Waals surface area contributed by atoms with Crippen LogP contribution in [0.25, 0.3) is 0 Å². The molecule has 17 heavy (non-hydrogen) atoms. The molecule has 2 atom stereocenters. The highest BCUT2D eigenvalue weighted by Gasteiger charge is 2.22. The Hall–Kier alpha value is -1.37. The molecule has 1 rings (SSSR count). The van der Waals surface area contributed by atoms with Crippen LogP contribution >= 0.6 is 0 Å². The van der Waals surface area contributed by atoms with E-state index in [0.29, 0.717) is 12.2 Å². The van der Waals surface area contributed by atoms with Crippen molar-refractivity contribution in [2.75, 3.05) is 0 Å². The van der Waals surface area contributed by atoms with Crippen molar-refractivity contribution in [2.24, 2.45) is 5.92 Å². The van der Waals surface area contributed by atoms with Gasteiger partial charge < -0.3 is 0 Å². The lowest BCUT2D eigenvalue weighted by Crippen LogP contribution is -2.17. The number of hydrogen-bond acceptors (Lipinski definition) is 1. The van der Waals surface area contributed by atoms with E-state index in [4.69, 9.17) is 0 Å². The van der Waals surface area contributed by atoms with Crippen LogP contribution in [0.3, 0.4) is 0 Å². The van der Waals surface area contributed by atoms with Gasteiger partial charge in [0.1, 0.15) is 5.78 Å². The lowest BCUT2D eigenvalue weighted by Gasteiger charge is -2.20. The summed E-state index contributed by atoms with van der Waals surface area (Å²) in [5, 5.41) is 0. The molecule has 0 radical (unpaired) electrons. The van der Waals surface area contributed by atoms with Crippen LogP contribution in [-0.4, -0.2) is 5.78 Å². The highest BCUT2D eigenvalue weighted by molar-refractivity contribution is 5.81. The summed E-state index contributed by atoms with van der Waals surface area (Å²) in [6, 6.07) is 10.3. The third-order valence-electron chi connectivity index (χ3n) is 3.09. The topological polar surface area (TPSA) is 17.1 Å². The minimum absolute atomic E-state index is 0.0531. The van der Waals surface area contributed by atoms with Gasteiger partial charge in [-0.2, -0.15) is 0 Å². The first-order chi connectivity index (χ1) is 8.06. The number of rotatable bonds is 5. The molecule has 2 unspecified atom stereocenters. The summed E-state index contributed by atoms with van der Waals surface area (Å²) in [5.41, 5.74) is 2.48. The fourth-order valence-corrected chi connectivity index (χ4v) is 2.09. The predicted molar refractivity (Wildman–Crippen MR) is 73.1 cm³/mol. The van der Waals surface area contributed by atoms with E-state index < -0.39 is 0 Å². The van der Waals surface area contributed by atoms with Crippen LogP contribution in [0.5, 0.6) is 0 Å². The predicted octanol–water partition coefficient (Wildman–Crippen LogP) is 4.35. The normalized spacial score (nSPS) is 13.9. The van der Waals surface area contributed by atoms with Gasteiger partial charge in [-0.25, -0.2) is 0 Å². The molecule has 0 bridgehead atoms. The molecule has 1 aromatic rings. The monoisotopic (exact) mass is 230 g/mol. The molecule has 0 N–H and O–H groups in total. The molecule has 0 saturated heterocycles. The molecular formula is C16H22O. The number of hydrogen-bond donors (Lipinski definition) is 0. The number of Topliss-reactive ketones (excluding diaryl/α,β-unsaturated/α-hetero) is 1. The lowest BCUT2D eigenvalue weighted by molar-refractivity contribution is -0.122. The van der Waals surface area contributed by atoms with Crippen molar-refractivity contribution in [1.82, 2.24) is 0 Å². The zero-order valence-corrected chi connectivity index (χ0v) is 11.2. The van der Waals surface area contributed by atoms with E-state index in [0.717, 1.165) is 0 Å². The van der Waals surface area contributed by atoms with Gasteiger partial charge in [-0.1, -0.05) is 55.8 Å². The fourth-order valence-electron chi connectivity index (χ4n) is 2.09. The fraction of sp³-hybridized carbons (Fsp3) is 0.438. The number of benzene rings is 1. The van der Waals surface area contributed by atoms with Gasteiger partial charge >= 0.3 is 0 Å². The zero-order chi connectivity index (χ0) is 12.8. The maximum Gasteiger partial charge on any atom is 0.136 e. The second kappa shape index (κ2) is 6.39. The first kappa shape index (κ1) is 13.7. The Morgan fingerprint density at radius 1 is 1.24 bits per heavy atom. The third kappa shape index (κ3) is 3.85. The summed E-state index contributed by atoms with van der Waals surface area (Å²) in [4.78, 5) is 11.9. The van der Waals surface area contributed by atoms with E-state index in [1.807, 2.05) is 32.0 Å². The molecule has 92 valence electrons. The van der Waals surface area contributed by atoms with Gasteiger partial charge in [-0.3, -0.25) is 4.79 Å². The van der Waals surface area contributed by atoms with E-state index >= 15 is 0 Å². The molecule has 0 saturated carbocycles. The minimum Gasteiger partial charge on any atom is -0.299 e. The Bertz CT molecular complexity index is 385. The first-order valence-electron chi connectivity index (χ1n) is 6.29. The molecule has 0 fully saturated rings. The average molecular weight is 230 g/mol. The molecule has 0 aromatic heterocycles. The maximum absolute atomic E-state index is 11.9. The third-order valence-corrected chi connectivity index (χ3v) is 3.09. The summed E-state index contributed by atoms with van der Waals surface area (Å²) >= 11 is 0. The van der Waals surface area contributed by atoms with Crippen LogP contribution in [0.2, 0.25) is 0 Å². The van der Waals surface area contributed by atoms with E-state index in [9.17, 15) is 4.79 Å². The maximum atomic E-state index is 11.9. The summed E-state index contributed by atoms with van der Waals surface area (Å²) in [6.07, 6.45) is 2.81. The molecular weight excluding hydrogens is 208 g/mol. The summed E-state index contributed by atoms with van der Waals surface area (Å²) in [6.45, 7) is 8.13. The standard InChI is InChI=1S/C16H22O/c1-5-16(17)13(4)15(11-12(2)3)14-9-7-6-8-10-14/h6-11,13,15H,5H2,1-4H3. The lowest BCUT2D eigenvalue weighted by atomic mass is 9.83. The number of carbonyl (C=O) groups excluding carboxylic acids is 1. The Morgan fingerprint density at radius 2 is 1.82 bits per heavy atom. The second-order valence-electron chi connectivity index (χ2n) is 4.79. The number of ketones is 1. The van der Waals surface area contributed by atoms with Crippen LogP contribution in [-0.2, 0) is 4.79 Å². The van der Waals surface area contributed by atoms with Gasteiger partial charge in [0.15, 0.2) is 0 Å². The Balaban J connectivity index is 3.05. The van der Waals surface area contributed by atoms with Gasteiger partial charge in [-0.15, -0.1) is 0 Å². The number of allylic oxidation sites excluding steroid dienone is 2. The largest absolute Gasteiger partial charge is 0.299 e. The zero-order valence-electron chi connectivity index (χ0n) is 11.2. The Kier molecular flexibility index (Phi) is 5.14. The van der Waals surface area contributed by atoms with Gasteiger partial charge in [0.25, 0.3) is 0 Å². The van der Waals surface area contributed by atoms with Crippen LogP contribution < -0.4 is 0 Å². The smallest absolute Gasteiger partial charge is 0.136 e. The molecule has 0 aliphatic rings. The van der Waals surface area contributed by atoms with Crippen LogP contribution in [0, 0.1) is 5.92 Å². The average Bonchev–Trinajstić information content (AvgIpc) is 2.35. The minimum atomic E-state index is 0.0531.